The van der Waals surface area contributed by atoms with E-state index >= 15 is 0 Å². The number of sulfonamides is 1. The van der Waals surface area contributed by atoms with E-state index in [9.17, 15) is 13.2 Å². The molecule has 164 valence electrons. The van der Waals surface area contributed by atoms with Crippen molar-refractivity contribution in [3.05, 3.63) is 58.7 Å². The Kier molecular flexibility index (Phi) is 8.29. The smallest absolute Gasteiger partial charge is 0.232 e. The second kappa shape index (κ2) is 10.5. The van der Waals surface area contributed by atoms with Crippen molar-refractivity contribution in [1.82, 2.24) is 5.32 Å². The van der Waals surface area contributed by atoms with E-state index < -0.39 is 10.0 Å². The first-order valence-corrected chi connectivity index (χ1v) is 11.9. The van der Waals surface area contributed by atoms with Gasteiger partial charge in [0.05, 0.1) is 18.5 Å². The number of nitrogens with zero attached hydrogens (tertiary/aromatic N) is 1. The highest BCUT2D eigenvalue weighted by Crippen LogP contribution is 2.24. The van der Waals surface area contributed by atoms with Gasteiger partial charge in [0.15, 0.2) is 0 Å². The van der Waals surface area contributed by atoms with Crippen molar-refractivity contribution in [1.29, 1.82) is 0 Å². The third-order valence-electron chi connectivity index (χ3n) is 4.82. The lowest BCUT2D eigenvalue weighted by Crippen LogP contribution is -2.33. The third kappa shape index (κ3) is 7.06. The molecule has 0 unspecified atom stereocenters. The van der Waals surface area contributed by atoms with E-state index in [0.29, 0.717) is 25.3 Å². The molecule has 1 amide bonds. The molecule has 0 saturated carbocycles. The molecule has 2 rings (SSSR count). The molecule has 30 heavy (non-hydrogen) atoms. The van der Waals surface area contributed by atoms with E-state index in [0.717, 1.165) is 28.0 Å². The van der Waals surface area contributed by atoms with Gasteiger partial charge in [0.2, 0.25) is 15.9 Å². The van der Waals surface area contributed by atoms with Gasteiger partial charge in [-0.15, -0.1) is 0 Å². The van der Waals surface area contributed by atoms with Crippen molar-refractivity contribution in [2.24, 2.45) is 0 Å². The lowest BCUT2D eigenvalue weighted by Gasteiger charge is -2.24. The van der Waals surface area contributed by atoms with E-state index in [1.54, 1.807) is 0 Å². The SMILES string of the molecule is Cc1ccc(C)c(OCCNC(=O)CCCN(c2cc(C)ccc2C)S(C)(=O)=O)c1. The van der Waals surface area contributed by atoms with Gasteiger partial charge in [-0.05, 0) is 68.5 Å². The number of carbonyl (C=O) groups is 1. The van der Waals surface area contributed by atoms with Crippen molar-refractivity contribution >= 4 is 21.6 Å². The van der Waals surface area contributed by atoms with Crippen LogP contribution in [0.1, 0.15) is 35.1 Å². The zero-order valence-electron chi connectivity index (χ0n) is 18.5. The lowest BCUT2D eigenvalue weighted by atomic mass is 10.1. The molecule has 2 aromatic carbocycles. The Morgan fingerprint density at radius 1 is 1.00 bits per heavy atom. The summed E-state index contributed by atoms with van der Waals surface area (Å²) < 4.78 is 31.7. The lowest BCUT2D eigenvalue weighted by molar-refractivity contribution is -0.121. The minimum atomic E-state index is -3.43. The number of hydrogen-bond donors (Lipinski definition) is 1. The van der Waals surface area contributed by atoms with Crippen LogP contribution in [0, 0.1) is 27.7 Å². The van der Waals surface area contributed by atoms with Crippen LogP contribution >= 0.6 is 0 Å². The molecule has 0 aromatic heterocycles. The van der Waals surface area contributed by atoms with Gasteiger partial charge in [0.1, 0.15) is 12.4 Å². The minimum Gasteiger partial charge on any atom is -0.491 e. The van der Waals surface area contributed by atoms with E-state index in [4.69, 9.17) is 4.74 Å². The molecule has 1 N–H and O–H groups in total. The average Bonchev–Trinajstić information content (AvgIpc) is 2.66. The number of nitrogens with one attached hydrogen (secondary N) is 1. The second-order valence-corrected chi connectivity index (χ2v) is 9.60. The van der Waals surface area contributed by atoms with Crippen LogP contribution in [0.3, 0.4) is 0 Å². The fraction of sp³-hybridized carbons (Fsp3) is 0.435. The number of hydrogen-bond acceptors (Lipinski definition) is 4. The van der Waals surface area contributed by atoms with Gasteiger partial charge in [-0.1, -0.05) is 24.3 Å². The zero-order valence-corrected chi connectivity index (χ0v) is 19.3. The van der Waals surface area contributed by atoms with E-state index in [-0.39, 0.29) is 18.9 Å². The fourth-order valence-electron chi connectivity index (χ4n) is 3.14. The Bertz CT molecular complexity index is 987. The van der Waals surface area contributed by atoms with E-state index in [2.05, 4.69) is 5.32 Å². The Morgan fingerprint density at radius 2 is 1.63 bits per heavy atom. The van der Waals surface area contributed by atoms with Crippen LogP contribution in [0.4, 0.5) is 5.69 Å². The van der Waals surface area contributed by atoms with Crippen molar-refractivity contribution in [2.75, 3.05) is 30.3 Å². The zero-order chi connectivity index (χ0) is 22.3. The summed E-state index contributed by atoms with van der Waals surface area (Å²) in [4.78, 5) is 12.1. The summed E-state index contributed by atoms with van der Waals surface area (Å²) in [5, 5.41) is 2.83. The molecule has 0 saturated heterocycles. The van der Waals surface area contributed by atoms with E-state index in [1.165, 1.54) is 10.6 Å². The third-order valence-corrected chi connectivity index (χ3v) is 6.00. The quantitative estimate of drug-likeness (QED) is 0.582. The molecule has 0 spiro atoms. The molecule has 0 fully saturated rings. The van der Waals surface area contributed by atoms with Gasteiger partial charge in [0, 0.05) is 13.0 Å². The van der Waals surface area contributed by atoms with Crippen LogP contribution in [-0.2, 0) is 14.8 Å². The molecule has 6 nitrogen and oxygen atoms in total. The Balaban J connectivity index is 1.81. The average molecular weight is 433 g/mol. The summed E-state index contributed by atoms with van der Waals surface area (Å²) in [5.74, 6) is 0.704. The molecular weight excluding hydrogens is 400 g/mol. The number of amides is 1. The van der Waals surface area contributed by atoms with Crippen LogP contribution in [0.2, 0.25) is 0 Å². The van der Waals surface area contributed by atoms with Crippen molar-refractivity contribution in [2.45, 2.75) is 40.5 Å². The molecule has 2 aromatic rings. The highest BCUT2D eigenvalue weighted by molar-refractivity contribution is 7.92. The molecule has 0 aliphatic heterocycles. The van der Waals surface area contributed by atoms with Gasteiger partial charge in [0.25, 0.3) is 0 Å². The van der Waals surface area contributed by atoms with Crippen LogP contribution in [0.15, 0.2) is 36.4 Å². The normalized spacial score (nSPS) is 11.2. The highest BCUT2D eigenvalue weighted by atomic mass is 32.2. The molecule has 0 radical (unpaired) electrons. The predicted molar refractivity (Wildman–Crippen MR) is 122 cm³/mol. The Labute approximate surface area is 180 Å². The Morgan fingerprint density at radius 3 is 2.30 bits per heavy atom. The number of ether oxygens (including phenoxy) is 1. The van der Waals surface area contributed by atoms with Crippen LogP contribution in [-0.4, -0.2) is 40.3 Å². The summed E-state index contributed by atoms with van der Waals surface area (Å²) in [7, 11) is -3.43. The van der Waals surface area contributed by atoms with Gasteiger partial charge < -0.3 is 10.1 Å². The number of carbonyl (C=O) groups excluding carboxylic acids is 1. The van der Waals surface area contributed by atoms with Crippen molar-refractivity contribution in [3.8, 4) is 5.75 Å². The van der Waals surface area contributed by atoms with Crippen molar-refractivity contribution in [3.63, 3.8) is 0 Å². The standard InChI is InChI=1S/C23H32N2O4S/c1-17-8-10-19(3)21(15-17)25(30(5,27)28)13-6-7-23(26)24-12-14-29-22-16-18(2)9-11-20(22)4/h8-11,15-16H,6-7,12-14H2,1-5H3,(H,24,26). The van der Waals surface area contributed by atoms with Crippen molar-refractivity contribution < 1.29 is 17.9 Å². The van der Waals surface area contributed by atoms with E-state index in [1.807, 2.05) is 64.1 Å². The highest BCUT2D eigenvalue weighted by Gasteiger charge is 2.19. The first-order valence-electron chi connectivity index (χ1n) is 10.1. The fourth-order valence-corrected chi connectivity index (χ4v) is 4.15. The molecule has 7 heteroatoms. The summed E-state index contributed by atoms with van der Waals surface area (Å²) in [5.41, 5.74) is 4.72. The van der Waals surface area contributed by atoms with Gasteiger partial charge in [-0.25, -0.2) is 8.42 Å². The number of benzene rings is 2. The largest absolute Gasteiger partial charge is 0.491 e. The predicted octanol–water partition coefficient (Wildman–Crippen LogP) is 3.66. The maximum absolute atomic E-state index is 12.3. The summed E-state index contributed by atoms with van der Waals surface area (Å²) >= 11 is 0. The molecular formula is C23H32N2O4S. The summed E-state index contributed by atoms with van der Waals surface area (Å²) in [6.07, 6.45) is 1.88. The van der Waals surface area contributed by atoms with Gasteiger partial charge in [-0.3, -0.25) is 9.10 Å². The van der Waals surface area contributed by atoms with Gasteiger partial charge in [-0.2, -0.15) is 0 Å². The molecule has 0 bridgehead atoms. The topological polar surface area (TPSA) is 75.7 Å². The first kappa shape index (κ1) is 23.7. The maximum Gasteiger partial charge on any atom is 0.232 e. The Hall–Kier alpha value is -2.54. The first-order chi connectivity index (χ1) is 14.1. The van der Waals surface area contributed by atoms with Gasteiger partial charge >= 0.3 is 0 Å². The monoisotopic (exact) mass is 432 g/mol. The van der Waals surface area contributed by atoms with Crippen LogP contribution in [0.25, 0.3) is 0 Å². The molecule has 0 heterocycles. The summed E-state index contributed by atoms with van der Waals surface area (Å²) in [6.45, 7) is 8.85. The molecule has 0 atom stereocenters. The number of rotatable bonds is 10. The second-order valence-electron chi connectivity index (χ2n) is 7.70. The number of aryl methyl sites for hydroxylation is 4. The number of anilines is 1. The summed E-state index contributed by atoms with van der Waals surface area (Å²) in [6, 6.07) is 11.7. The molecule has 0 aliphatic carbocycles. The minimum absolute atomic E-state index is 0.117. The van der Waals surface area contributed by atoms with Crippen LogP contribution in [0.5, 0.6) is 5.75 Å². The van der Waals surface area contributed by atoms with Crippen LogP contribution < -0.4 is 14.4 Å². The molecule has 0 aliphatic rings. The maximum atomic E-state index is 12.3.